The van der Waals surface area contributed by atoms with Crippen LogP contribution in [-0.2, 0) is 0 Å². The topological polar surface area (TPSA) is 32.7 Å². The maximum Gasteiger partial charge on any atom is 0.134 e. The van der Waals surface area contributed by atoms with Gasteiger partial charge in [0.05, 0.1) is 5.56 Å². The molecule has 0 unspecified atom stereocenters. The first-order chi connectivity index (χ1) is 8.13. The minimum Gasteiger partial charge on any atom is -0.491 e. The smallest absolute Gasteiger partial charge is 0.134 e. The van der Waals surface area contributed by atoms with Crippen molar-refractivity contribution < 1.29 is 9.84 Å². The van der Waals surface area contributed by atoms with E-state index in [9.17, 15) is 0 Å². The highest BCUT2D eigenvalue weighted by Gasteiger charge is 2.02. The summed E-state index contributed by atoms with van der Waals surface area (Å²) in [7, 11) is 4.01. The standard InChI is InChI=1S/C14H19NO2/c1-12-6-7-14(17-10-8-15(2)3)13(11-12)5-4-9-16/h6-7,11,16H,8-10H2,1-3H3. The van der Waals surface area contributed by atoms with E-state index in [2.05, 4.69) is 16.7 Å². The Morgan fingerprint density at radius 2 is 2.12 bits per heavy atom. The number of likely N-dealkylation sites (N-methyl/N-ethyl adjacent to an activating group) is 1. The Kier molecular flexibility index (Phi) is 5.55. The molecule has 0 saturated carbocycles. The van der Waals surface area contributed by atoms with Crippen LogP contribution in [0.5, 0.6) is 5.75 Å². The number of aliphatic hydroxyl groups excluding tert-OH is 1. The van der Waals surface area contributed by atoms with Crippen molar-refractivity contribution in [1.82, 2.24) is 4.90 Å². The average molecular weight is 233 g/mol. The second-order valence-electron chi connectivity index (χ2n) is 4.11. The molecule has 0 aliphatic carbocycles. The van der Waals surface area contributed by atoms with E-state index in [0.717, 1.165) is 23.4 Å². The van der Waals surface area contributed by atoms with Crippen LogP contribution in [0.25, 0.3) is 0 Å². The summed E-state index contributed by atoms with van der Waals surface area (Å²) in [6.45, 7) is 3.36. The van der Waals surface area contributed by atoms with E-state index in [-0.39, 0.29) is 6.61 Å². The predicted octanol–water partition coefficient (Wildman–Crippen LogP) is 1.28. The fourth-order valence-electron chi connectivity index (χ4n) is 1.34. The second-order valence-corrected chi connectivity index (χ2v) is 4.11. The third-order valence-corrected chi connectivity index (χ3v) is 2.23. The summed E-state index contributed by atoms with van der Waals surface area (Å²) in [5, 5.41) is 8.72. The van der Waals surface area contributed by atoms with Gasteiger partial charge >= 0.3 is 0 Å². The Labute approximate surface area is 103 Å². The molecule has 0 atom stereocenters. The molecule has 0 saturated heterocycles. The maximum atomic E-state index is 8.72. The first-order valence-electron chi connectivity index (χ1n) is 5.61. The van der Waals surface area contributed by atoms with Gasteiger partial charge in [-0.2, -0.15) is 0 Å². The van der Waals surface area contributed by atoms with Crippen molar-refractivity contribution >= 4 is 0 Å². The highest BCUT2D eigenvalue weighted by Crippen LogP contribution is 2.18. The maximum absolute atomic E-state index is 8.72. The fourth-order valence-corrected chi connectivity index (χ4v) is 1.34. The molecule has 3 heteroatoms. The molecule has 0 bridgehead atoms. The van der Waals surface area contributed by atoms with Crippen molar-refractivity contribution in [2.24, 2.45) is 0 Å². The number of benzene rings is 1. The van der Waals surface area contributed by atoms with Crippen LogP contribution in [0.15, 0.2) is 18.2 Å². The van der Waals surface area contributed by atoms with E-state index in [0.29, 0.717) is 6.61 Å². The molecule has 0 aliphatic heterocycles. The quantitative estimate of drug-likeness (QED) is 0.795. The van der Waals surface area contributed by atoms with E-state index in [1.54, 1.807) is 0 Å². The summed E-state index contributed by atoms with van der Waals surface area (Å²) < 4.78 is 5.67. The van der Waals surface area contributed by atoms with Gasteiger partial charge in [-0.1, -0.05) is 17.9 Å². The third-order valence-electron chi connectivity index (χ3n) is 2.23. The molecule has 1 N–H and O–H groups in total. The van der Waals surface area contributed by atoms with Gasteiger partial charge in [0.25, 0.3) is 0 Å². The van der Waals surface area contributed by atoms with Crippen LogP contribution < -0.4 is 4.74 Å². The zero-order chi connectivity index (χ0) is 12.7. The lowest BCUT2D eigenvalue weighted by Crippen LogP contribution is -2.19. The number of nitrogens with zero attached hydrogens (tertiary/aromatic N) is 1. The van der Waals surface area contributed by atoms with Gasteiger partial charge in [-0.3, -0.25) is 0 Å². The normalized spacial score (nSPS) is 9.94. The van der Waals surface area contributed by atoms with Gasteiger partial charge in [0, 0.05) is 6.54 Å². The van der Waals surface area contributed by atoms with Crippen LogP contribution in [0.3, 0.4) is 0 Å². The largest absolute Gasteiger partial charge is 0.491 e. The van der Waals surface area contributed by atoms with Crippen LogP contribution in [-0.4, -0.2) is 43.9 Å². The molecule has 0 aliphatic rings. The van der Waals surface area contributed by atoms with E-state index in [1.807, 2.05) is 39.2 Å². The van der Waals surface area contributed by atoms with Crippen LogP contribution in [0.4, 0.5) is 0 Å². The van der Waals surface area contributed by atoms with Gasteiger partial charge in [-0.05, 0) is 38.7 Å². The highest BCUT2D eigenvalue weighted by atomic mass is 16.5. The van der Waals surface area contributed by atoms with Gasteiger partial charge in [-0.25, -0.2) is 0 Å². The van der Waals surface area contributed by atoms with E-state index in [4.69, 9.17) is 9.84 Å². The molecule has 17 heavy (non-hydrogen) atoms. The Hall–Kier alpha value is -1.50. The van der Waals surface area contributed by atoms with E-state index >= 15 is 0 Å². The van der Waals surface area contributed by atoms with E-state index in [1.165, 1.54) is 0 Å². The lowest BCUT2D eigenvalue weighted by molar-refractivity contribution is 0.261. The second kappa shape index (κ2) is 6.95. The Balaban J connectivity index is 2.76. The van der Waals surface area contributed by atoms with Crippen LogP contribution in [0.2, 0.25) is 0 Å². The summed E-state index contributed by atoms with van der Waals surface area (Å²) >= 11 is 0. The Morgan fingerprint density at radius 1 is 1.35 bits per heavy atom. The fraction of sp³-hybridized carbons (Fsp3) is 0.429. The predicted molar refractivity (Wildman–Crippen MR) is 69.2 cm³/mol. The SMILES string of the molecule is Cc1ccc(OCCN(C)C)c(C#CCO)c1. The van der Waals surface area contributed by atoms with Gasteiger partial charge < -0.3 is 14.7 Å². The highest BCUT2D eigenvalue weighted by molar-refractivity contribution is 5.48. The molecule has 1 aromatic rings. The number of rotatable bonds is 4. The van der Waals surface area contributed by atoms with Crippen LogP contribution >= 0.6 is 0 Å². The zero-order valence-electron chi connectivity index (χ0n) is 10.7. The molecular weight excluding hydrogens is 214 g/mol. The third kappa shape index (κ3) is 4.90. The first kappa shape index (κ1) is 13.6. The van der Waals surface area contributed by atoms with Crippen molar-refractivity contribution in [1.29, 1.82) is 0 Å². The lowest BCUT2D eigenvalue weighted by Gasteiger charge is -2.12. The molecule has 0 fully saturated rings. The molecule has 1 rings (SSSR count). The summed E-state index contributed by atoms with van der Waals surface area (Å²) in [5.41, 5.74) is 1.96. The zero-order valence-corrected chi connectivity index (χ0v) is 10.7. The summed E-state index contributed by atoms with van der Waals surface area (Å²) in [5.74, 6) is 6.33. The minimum atomic E-state index is -0.134. The molecule has 92 valence electrons. The van der Waals surface area contributed by atoms with Gasteiger partial charge in [-0.15, -0.1) is 0 Å². The molecule has 0 radical (unpaired) electrons. The molecule has 0 heterocycles. The molecule has 3 nitrogen and oxygen atoms in total. The summed E-state index contributed by atoms with van der Waals surface area (Å²) in [6.07, 6.45) is 0. The van der Waals surface area contributed by atoms with Crippen molar-refractivity contribution in [2.45, 2.75) is 6.92 Å². The van der Waals surface area contributed by atoms with Crippen molar-refractivity contribution in [3.05, 3.63) is 29.3 Å². The molecular formula is C14H19NO2. The lowest BCUT2D eigenvalue weighted by atomic mass is 10.1. The van der Waals surface area contributed by atoms with Gasteiger partial charge in [0.15, 0.2) is 0 Å². The molecule has 0 amide bonds. The Bertz CT molecular complexity index is 416. The monoisotopic (exact) mass is 233 g/mol. The van der Waals surface area contributed by atoms with Crippen molar-refractivity contribution in [3.8, 4) is 17.6 Å². The summed E-state index contributed by atoms with van der Waals surface area (Å²) in [6, 6.07) is 5.88. The van der Waals surface area contributed by atoms with Crippen LogP contribution in [0.1, 0.15) is 11.1 Å². The van der Waals surface area contributed by atoms with E-state index < -0.39 is 0 Å². The Morgan fingerprint density at radius 3 is 2.76 bits per heavy atom. The summed E-state index contributed by atoms with van der Waals surface area (Å²) in [4.78, 5) is 2.06. The first-order valence-corrected chi connectivity index (χ1v) is 5.61. The number of hydrogen-bond donors (Lipinski definition) is 1. The minimum absolute atomic E-state index is 0.134. The van der Waals surface area contributed by atoms with Gasteiger partial charge in [0.1, 0.15) is 19.0 Å². The number of ether oxygens (including phenoxy) is 1. The molecule has 0 spiro atoms. The van der Waals surface area contributed by atoms with Crippen molar-refractivity contribution in [3.63, 3.8) is 0 Å². The number of hydrogen-bond acceptors (Lipinski definition) is 3. The van der Waals surface area contributed by atoms with Crippen LogP contribution in [0, 0.1) is 18.8 Å². The van der Waals surface area contributed by atoms with Crippen molar-refractivity contribution in [2.75, 3.05) is 33.9 Å². The molecule has 0 aromatic heterocycles. The van der Waals surface area contributed by atoms with Gasteiger partial charge in [0.2, 0.25) is 0 Å². The number of aliphatic hydroxyl groups is 1. The molecule has 1 aromatic carbocycles. The average Bonchev–Trinajstić information content (AvgIpc) is 2.28. The number of aryl methyl sites for hydroxylation is 1.